The molecule has 26 heteroatoms. The molecule has 0 bridgehead atoms. The first-order valence-corrected chi connectivity index (χ1v) is 48.3. The number of aliphatic hydroxyl groups excluding tert-OH is 9. The van der Waals surface area contributed by atoms with Gasteiger partial charge in [-0.2, -0.15) is 0 Å². The van der Waals surface area contributed by atoms with Gasteiger partial charge in [0.25, 0.3) is 0 Å². The summed E-state index contributed by atoms with van der Waals surface area (Å²) < 4.78 is 73.4. The molecule has 19 unspecified atom stereocenters. The maximum Gasteiger partial charge on any atom is 0.472 e. The third kappa shape index (κ3) is 48.9. The third-order valence-electron chi connectivity index (χ3n) is 23.2. The molecule has 116 heavy (non-hydrogen) atoms. The highest BCUT2D eigenvalue weighted by molar-refractivity contribution is 7.47. The minimum Gasteiger partial charge on any atom is -0.463 e. The summed E-state index contributed by atoms with van der Waals surface area (Å²) >= 11 is 0. The van der Waals surface area contributed by atoms with Crippen molar-refractivity contribution in [3.63, 3.8) is 0 Å². The predicted octanol–water partition coefficient (Wildman–Crippen LogP) is 17.0. The van der Waals surface area contributed by atoms with Crippen LogP contribution in [-0.2, 0) is 70.7 Å². The molecule has 1 aliphatic carbocycles. The Hall–Kier alpha value is -2.79. The molecule has 19 atom stereocenters. The van der Waals surface area contributed by atoms with Gasteiger partial charge in [0.05, 0.1) is 13.2 Å². The van der Waals surface area contributed by atoms with Gasteiger partial charge in [0.15, 0.2) is 24.8 Å². The first-order chi connectivity index (χ1) is 56.1. The Bertz CT molecular complexity index is 2480. The minimum atomic E-state index is -5.81. The fourth-order valence-electron chi connectivity index (χ4n) is 15.6. The number of esters is 4. The molecule has 2 saturated heterocycles. The van der Waals surface area contributed by atoms with Crippen LogP contribution in [0.5, 0.6) is 0 Å². The van der Waals surface area contributed by atoms with Crippen LogP contribution in [0.2, 0.25) is 0 Å². The Labute approximate surface area is 699 Å². The van der Waals surface area contributed by atoms with E-state index in [1.54, 1.807) is 0 Å². The number of carbonyl (C=O) groups excluding carboxylic acids is 4. The molecular weight excluding hydrogens is 1510 g/mol. The number of carbonyl (C=O) groups is 4. The lowest BCUT2D eigenvalue weighted by Gasteiger charge is -2.50. The van der Waals surface area contributed by atoms with Crippen molar-refractivity contribution in [2.45, 2.75) is 505 Å². The average Bonchev–Trinajstić information content (AvgIpc) is 0.754. The van der Waals surface area contributed by atoms with E-state index in [9.17, 15) is 74.6 Å². The SMILES string of the molecule is CCCCCCCC/C=C\CCCCCC(=O)OCC(COP(=O)(O)OC1C(OC2OC(CO)C(O)C(O)C2O)C(O)C(O)C(OC(=O)CCCCCCCCCCCCCCC)C1OC1OC(COC(=O)CCCCCCCCC(C)CCCCCCCC)C(O)C(O)C1O)OC(=O)CCCCCCCCCCCCCCCCC. The van der Waals surface area contributed by atoms with Crippen LogP contribution in [0.4, 0.5) is 0 Å². The van der Waals surface area contributed by atoms with Gasteiger partial charge < -0.3 is 88.7 Å². The summed E-state index contributed by atoms with van der Waals surface area (Å²) in [6.07, 6.45) is 25.1. The maximum atomic E-state index is 14.9. The van der Waals surface area contributed by atoms with Crippen LogP contribution in [0.3, 0.4) is 0 Å². The molecule has 10 N–H and O–H groups in total. The van der Waals surface area contributed by atoms with Gasteiger partial charge in [-0.05, 0) is 57.3 Å². The van der Waals surface area contributed by atoms with E-state index in [2.05, 4.69) is 46.8 Å². The molecule has 2 aliphatic heterocycles. The monoisotopic (exact) mass is 1680 g/mol. The molecule has 2 heterocycles. The van der Waals surface area contributed by atoms with E-state index in [0.717, 1.165) is 128 Å². The maximum absolute atomic E-state index is 14.9. The standard InChI is InChI=1S/C90H167O25P/c1-6-10-14-18-22-25-28-31-32-35-38-40-43-51-57-63-75(94)109-70(66-106-73(92)61-55-49-42-39-36-33-29-26-23-19-15-11-7-2)67-108-116(104,105)115-88-86(113-89-83(102)79(98)77(96)71(65-91)110-89)82(101)81(100)85(112-76(95)64-58-52-44-41-37-34-30-27-24-20-16-12-8-3)87(88)114-90-84(103)80(99)78(97)72(111-90)68-107-74(93)62-56-50-46-45-48-54-60-69(5)59-53-47-21-17-13-9-4/h33,36,69-72,77-91,96-103H,6-32,34-35,37-68H2,1-5H3,(H,104,105)/b36-33-. The average molecular weight is 1680 g/mol. The van der Waals surface area contributed by atoms with E-state index in [1.165, 1.54) is 180 Å². The van der Waals surface area contributed by atoms with E-state index in [4.69, 9.17) is 46.9 Å². The second-order valence-electron chi connectivity index (χ2n) is 33.8. The van der Waals surface area contributed by atoms with Crippen molar-refractivity contribution in [3.8, 4) is 0 Å². The number of hydrogen-bond acceptors (Lipinski definition) is 24. The van der Waals surface area contributed by atoms with Crippen molar-refractivity contribution >= 4 is 31.7 Å². The molecule has 0 aromatic heterocycles. The number of aliphatic hydroxyl groups is 9. The molecule has 0 aromatic carbocycles. The zero-order chi connectivity index (χ0) is 84.8. The Morgan fingerprint density at radius 3 is 1.12 bits per heavy atom. The normalized spacial score (nSPS) is 25.4. The van der Waals surface area contributed by atoms with Crippen LogP contribution in [-0.4, -0.2) is 205 Å². The van der Waals surface area contributed by atoms with Gasteiger partial charge >= 0.3 is 31.7 Å². The number of hydrogen-bond donors (Lipinski definition) is 10. The Kier molecular flexibility index (Phi) is 63.5. The zero-order valence-electron chi connectivity index (χ0n) is 72.7. The zero-order valence-corrected chi connectivity index (χ0v) is 73.6. The van der Waals surface area contributed by atoms with Crippen molar-refractivity contribution < 1.29 is 122 Å². The Morgan fingerprint density at radius 1 is 0.362 bits per heavy atom. The predicted molar refractivity (Wildman–Crippen MR) is 449 cm³/mol. The van der Waals surface area contributed by atoms with E-state index in [0.29, 0.717) is 38.0 Å². The molecule has 0 spiro atoms. The fraction of sp³-hybridized carbons (Fsp3) is 0.933. The fourth-order valence-corrected chi connectivity index (χ4v) is 16.6. The summed E-state index contributed by atoms with van der Waals surface area (Å²) in [5.41, 5.74) is 0. The summed E-state index contributed by atoms with van der Waals surface area (Å²) in [6, 6.07) is 0. The summed E-state index contributed by atoms with van der Waals surface area (Å²) in [7, 11) is -5.81. The molecule has 1 saturated carbocycles. The summed E-state index contributed by atoms with van der Waals surface area (Å²) in [4.78, 5) is 66.4. The highest BCUT2D eigenvalue weighted by Crippen LogP contribution is 2.49. The number of allylic oxidation sites excluding steroid dienone is 2. The van der Waals surface area contributed by atoms with Gasteiger partial charge in [-0.1, -0.05) is 336 Å². The number of phosphoric ester groups is 1. The smallest absolute Gasteiger partial charge is 0.463 e. The molecular formula is C90H167O25P. The Balaban J connectivity index is 1.92. The van der Waals surface area contributed by atoms with Gasteiger partial charge in [-0.15, -0.1) is 0 Å². The molecule has 25 nitrogen and oxygen atoms in total. The Morgan fingerprint density at radius 2 is 0.698 bits per heavy atom. The summed E-state index contributed by atoms with van der Waals surface area (Å²) in [5.74, 6) is -2.29. The molecule has 0 aromatic rings. The first-order valence-electron chi connectivity index (χ1n) is 46.8. The van der Waals surface area contributed by atoms with Crippen LogP contribution in [0.1, 0.15) is 401 Å². The van der Waals surface area contributed by atoms with Gasteiger partial charge in [0.1, 0.15) is 92.6 Å². The lowest BCUT2D eigenvalue weighted by Crippen LogP contribution is -2.70. The lowest BCUT2D eigenvalue weighted by atomic mass is 9.84. The minimum absolute atomic E-state index is 0.0156. The van der Waals surface area contributed by atoms with E-state index >= 15 is 0 Å². The van der Waals surface area contributed by atoms with Gasteiger partial charge in [0.2, 0.25) is 0 Å². The largest absolute Gasteiger partial charge is 0.472 e. The van der Waals surface area contributed by atoms with Crippen LogP contribution in [0, 0.1) is 5.92 Å². The molecule has 3 fully saturated rings. The molecule has 0 amide bonds. The molecule has 3 rings (SSSR count). The van der Waals surface area contributed by atoms with E-state index < -0.39 is 162 Å². The van der Waals surface area contributed by atoms with Crippen molar-refractivity contribution in [2.24, 2.45) is 5.92 Å². The number of phosphoric acid groups is 1. The van der Waals surface area contributed by atoms with Gasteiger partial charge in [-0.25, -0.2) is 4.57 Å². The van der Waals surface area contributed by atoms with Crippen LogP contribution < -0.4 is 0 Å². The van der Waals surface area contributed by atoms with Gasteiger partial charge in [0, 0.05) is 25.7 Å². The second-order valence-corrected chi connectivity index (χ2v) is 35.2. The highest BCUT2D eigenvalue weighted by atomic mass is 31.2. The summed E-state index contributed by atoms with van der Waals surface area (Å²) in [6.45, 7) is 7.90. The number of unbranched alkanes of at least 4 members (excludes halogenated alkanes) is 45. The summed E-state index contributed by atoms with van der Waals surface area (Å²) in [5, 5.41) is 102. The molecule has 682 valence electrons. The van der Waals surface area contributed by atoms with Crippen LogP contribution in [0.15, 0.2) is 12.2 Å². The van der Waals surface area contributed by atoms with Crippen molar-refractivity contribution in [1.82, 2.24) is 0 Å². The molecule has 0 radical (unpaired) electrons. The number of ether oxygens (including phenoxy) is 8. The van der Waals surface area contributed by atoms with E-state index in [1.807, 2.05) is 0 Å². The van der Waals surface area contributed by atoms with Crippen molar-refractivity contribution in [2.75, 3.05) is 26.4 Å². The topological polar surface area (TPSA) is 380 Å². The second kappa shape index (κ2) is 68.6. The highest BCUT2D eigenvalue weighted by Gasteiger charge is 2.60. The first kappa shape index (κ1) is 107. The quantitative estimate of drug-likeness (QED) is 0.00889. The third-order valence-corrected chi connectivity index (χ3v) is 24.2. The van der Waals surface area contributed by atoms with Crippen LogP contribution >= 0.6 is 7.82 Å². The lowest BCUT2D eigenvalue weighted by molar-refractivity contribution is -0.360. The molecule has 3 aliphatic rings. The van der Waals surface area contributed by atoms with Gasteiger partial charge in [-0.3, -0.25) is 28.2 Å². The van der Waals surface area contributed by atoms with E-state index in [-0.39, 0.29) is 25.7 Å². The van der Waals surface area contributed by atoms with Crippen molar-refractivity contribution in [3.05, 3.63) is 12.2 Å². The van der Waals surface area contributed by atoms with Crippen LogP contribution in [0.25, 0.3) is 0 Å². The van der Waals surface area contributed by atoms with Crippen molar-refractivity contribution in [1.29, 1.82) is 0 Å². The number of rotatable bonds is 75.